The van der Waals surface area contributed by atoms with Crippen molar-refractivity contribution in [3.05, 3.63) is 39.9 Å². The average Bonchev–Trinajstić information content (AvgIpc) is 2.65. The molecule has 1 heterocycles. The molecule has 5 nitrogen and oxygen atoms in total. The molecule has 1 aliphatic heterocycles. The Bertz CT molecular complexity index is 383. The zero-order valence-corrected chi connectivity index (χ0v) is 10.2. The SMILES string of the molecule is Cl.N[C@@H]1CCN(Cc2ccc([N+](=O)[O-])cc2)C1. The molecule has 6 heteroatoms. The van der Waals surface area contributed by atoms with E-state index >= 15 is 0 Å². The van der Waals surface area contributed by atoms with Crippen molar-refractivity contribution in [1.82, 2.24) is 4.90 Å². The summed E-state index contributed by atoms with van der Waals surface area (Å²) in [7, 11) is 0. The van der Waals surface area contributed by atoms with Crippen molar-refractivity contribution < 1.29 is 4.92 Å². The maximum absolute atomic E-state index is 10.5. The molecule has 1 saturated heterocycles. The summed E-state index contributed by atoms with van der Waals surface area (Å²) in [6.45, 7) is 2.75. The third-order valence-electron chi connectivity index (χ3n) is 2.86. The van der Waals surface area contributed by atoms with Gasteiger partial charge in [-0.3, -0.25) is 15.0 Å². The number of hydrogen-bond donors (Lipinski definition) is 1. The molecular formula is C11H16ClN3O2. The molecule has 0 aromatic heterocycles. The van der Waals surface area contributed by atoms with Crippen LogP contribution in [-0.4, -0.2) is 29.0 Å². The fourth-order valence-corrected chi connectivity index (χ4v) is 1.99. The summed E-state index contributed by atoms with van der Waals surface area (Å²) in [6.07, 6.45) is 1.03. The van der Waals surface area contributed by atoms with E-state index in [0.29, 0.717) is 0 Å². The zero-order chi connectivity index (χ0) is 11.5. The van der Waals surface area contributed by atoms with Gasteiger partial charge in [-0.05, 0) is 12.0 Å². The Morgan fingerprint density at radius 1 is 1.41 bits per heavy atom. The number of nitrogens with zero attached hydrogens (tertiary/aromatic N) is 2. The van der Waals surface area contributed by atoms with Crippen molar-refractivity contribution in [2.75, 3.05) is 13.1 Å². The van der Waals surface area contributed by atoms with Gasteiger partial charge in [0.15, 0.2) is 0 Å². The number of nitro groups is 1. The number of nitro benzene ring substituents is 1. The number of hydrogen-bond acceptors (Lipinski definition) is 4. The van der Waals surface area contributed by atoms with Gasteiger partial charge in [0.2, 0.25) is 0 Å². The van der Waals surface area contributed by atoms with E-state index in [1.807, 2.05) is 12.1 Å². The fraction of sp³-hybridized carbons (Fsp3) is 0.455. The molecule has 1 atom stereocenters. The number of benzene rings is 1. The highest BCUT2D eigenvalue weighted by Gasteiger charge is 2.18. The number of non-ortho nitro benzene ring substituents is 1. The van der Waals surface area contributed by atoms with Gasteiger partial charge in [-0.25, -0.2) is 0 Å². The van der Waals surface area contributed by atoms with Gasteiger partial charge in [0, 0.05) is 37.8 Å². The Hall–Kier alpha value is -1.17. The third-order valence-corrected chi connectivity index (χ3v) is 2.86. The van der Waals surface area contributed by atoms with Crippen LogP contribution in [0.4, 0.5) is 5.69 Å². The van der Waals surface area contributed by atoms with Gasteiger partial charge < -0.3 is 5.73 Å². The Morgan fingerprint density at radius 2 is 2.06 bits per heavy atom. The van der Waals surface area contributed by atoms with Crippen LogP contribution >= 0.6 is 12.4 Å². The largest absolute Gasteiger partial charge is 0.326 e. The van der Waals surface area contributed by atoms with E-state index in [1.54, 1.807) is 12.1 Å². The first-order chi connectivity index (χ1) is 7.65. The van der Waals surface area contributed by atoms with Crippen LogP contribution in [0, 0.1) is 10.1 Å². The van der Waals surface area contributed by atoms with Gasteiger partial charge in [0.25, 0.3) is 5.69 Å². The second kappa shape index (κ2) is 5.95. The molecular weight excluding hydrogens is 242 g/mol. The molecule has 0 saturated carbocycles. The quantitative estimate of drug-likeness (QED) is 0.659. The van der Waals surface area contributed by atoms with Gasteiger partial charge in [-0.2, -0.15) is 0 Å². The van der Waals surface area contributed by atoms with Crippen LogP contribution in [0.2, 0.25) is 0 Å². The lowest BCUT2D eigenvalue weighted by molar-refractivity contribution is -0.384. The van der Waals surface area contributed by atoms with Gasteiger partial charge in [0.05, 0.1) is 4.92 Å². The standard InChI is InChI=1S/C11H15N3O2.ClH/c12-10-5-6-13(8-10)7-9-1-3-11(4-2-9)14(15)16;/h1-4,10H,5-8,12H2;1H/t10-;/m1./s1. The number of nitrogens with two attached hydrogens (primary N) is 1. The zero-order valence-electron chi connectivity index (χ0n) is 9.41. The van der Waals surface area contributed by atoms with Gasteiger partial charge in [-0.1, -0.05) is 12.1 Å². The number of halogens is 1. The van der Waals surface area contributed by atoms with Crippen molar-refractivity contribution in [2.24, 2.45) is 5.73 Å². The highest BCUT2D eigenvalue weighted by atomic mass is 35.5. The molecule has 1 aromatic carbocycles. The normalized spacial score (nSPS) is 19.9. The van der Waals surface area contributed by atoms with Crippen LogP contribution < -0.4 is 5.73 Å². The number of likely N-dealkylation sites (tertiary alicyclic amines) is 1. The minimum Gasteiger partial charge on any atom is -0.326 e. The van der Waals surface area contributed by atoms with Crippen molar-refractivity contribution >= 4 is 18.1 Å². The first kappa shape index (κ1) is 13.9. The van der Waals surface area contributed by atoms with E-state index < -0.39 is 0 Å². The molecule has 0 unspecified atom stereocenters. The summed E-state index contributed by atoms with van der Waals surface area (Å²) in [5, 5.41) is 10.5. The lowest BCUT2D eigenvalue weighted by Gasteiger charge is -2.14. The molecule has 1 aliphatic rings. The fourth-order valence-electron chi connectivity index (χ4n) is 1.99. The lowest BCUT2D eigenvalue weighted by Crippen LogP contribution is -2.26. The van der Waals surface area contributed by atoms with Crippen molar-refractivity contribution in [2.45, 2.75) is 19.0 Å². The maximum Gasteiger partial charge on any atom is 0.269 e. The van der Waals surface area contributed by atoms with Crippen LogP contribution in [0.1, 0.15) is 12.0 Å². The molecule has 17 heavy (non-hydrogen) atoms. The molecule has 2 N–H and O–H groups in total. The van der Waals surface area contributed by atoms with E-state index in [0.717, 1.165) is 31.6 Å². The van der Waals surface area contributed by atoms with E-state index in [9.17, 15) is 10.1 Å². The van der Waals surface area contributed by atoms with E-state index in [-0.39, 0.29) is 29.1 Å². The molecule has 2 rings (SSSR count). The van der Waals surface area contributed by atoms with E-state index in [1.165, 1.54) is 0 Å². The van der Waals surface area contributed by atoms with Crippen LogP contribution in [0.5, 0.6) is 0 Å². The van der Waals surface area contributed by atoms with E-state index in [4.69, 9.17) is 5.73 Å². The monoisotopic (exact) mass is 257 g/mol. The van der Waals surface area contributed by atoms with Crippen molar-refractivity contribution in [3.63, 3.8) is 0 Å². The molecule has 0 spiro atoms. The molecule has 0 amide bonds. The Balaban J connectivity index is 0.00000144. The summed E-state index contributed by atoms with van der Waals surface area (Å²) in [4.78, 5) is 12.4. The summed E-state index contributed by atoms with van der Waals surface area (Å²) in [6, 6.07) is 6.98. The van der Waals surface area contributed by atoms with E-state index in [2.05, 4.69) is 4.90 Å². The maximum atomic E-state index is 10.5. The molecule has 1 fully saturated rings. The first-order valence-electron chi connectivity index (χ1n) is 5.36. The molecule has 0 bridgehead atoms. The Morgan fingerprint density at radius 3 is 2.53 bits per heavy atom. The summed E-state index contributed by atoms with van der Waals surface area (Å²) in [5.74, 6) is 0. The summed E-state index contributed by atoms with van der Waals surface area (Å²) >= 11 is 0. The summed E-state index contributed by atoms with van der Waals surface area (Å²) in [5.41, 5.74) is 7.05. The molecule has 0 radical (unpaired) electrons. The van der Waals surface area contributed by atoms with Gasteiger partial charge in [0.1, 0.15) is 0 Å². The van der Waals surface area contributed by atoms with Crippen LogP contribution in [0.15, 0.2) is 24.3 Å². The summed E-state index contributed by atoms with van der Waals surface area (Å²) < 4.78 is 0. The second-order valence-electron chi connectivity index (χ2n) is 4.21. The van der Waals surface area contributed by atoms with Gasteiger partial charge in [-0.15, -0.1) is 12.4 Å². The smallest absolute Gasteiger partial charge is 0.269 e. The average molecular weight is 258 g/mol. The van der Waals surface area contributed by atoms with Crippen LogP contribution in [0.3, 0.4) is 0 Å². The number of rotatable bonds is 3. The van der Waals surface area contributed by atoms with Crippen molar-refractivity contribution in [1.29, 1.82) is 0 Å². The van der Waals surface area contributed by atoms with Crippen LogP contribution in [-0.2, 0) is 6.54 Å². The van der Waals surface area contributed by atoms with Crippen LogP contribution in [0.25, 0.3) is 0 Å². The van der Waals surface area contributed by atoms with Crippen molar-refractivity contribution in [3.8, 4) is 0 Å². The molecule has 94 valence electrons. The Labute approximate surface area is 106 Å². The second-order valence-corrected chi connectivity index (χ2v) is 4.21. The van der Waals surface area contributed by atoms with Gasteiger partial charge >= 0.3 is 0 Å². The Kier molecular flexibility index (Phi) is 4.86. The predicted molar refractivity (Wildman–Crippen MR) is 68.2 cm³/mol. The highest BCUT2D eigenvalue weighted by Crippen LogP contribution is 2.15. The molecule has 0 aliphatic carbocycles. The lowest BCUT2D eigenvalue weighted by atomic mass is 10.2. The minimum atomic E-state index is -0.379. The molecule has 1 aromatic rings. The third kappa shape index (κ3) is 3.66. The minimum absolute atomic E-state index is 0. The predicted octanol–water partition coefficient (Wildman–Crippen LogP) is 1.55. The highest BCUT2D eigenvalue weighted by molar-refractivity contribution is 5.85. The first-order valence-corrected chi connectivity index (χ1v) is 5.36. The topological polar surface area (TPSA) is 72.4 Å².